The third-order valence-electron chi connectivity index (χ3n) is 4.55. The molecule has 0 aliphatic carbocycles. The maximum atomic E-state index is 13.8. The molecule has 29 heavy (non-hydrogen) atoms. The van der Waals surface area contributed by atoms with Gasteiger partial charge in [-0.1, -0.05) is 18.2 Å². The van der Waals surface area contributed by atoms with Crippen LogP contribution in [0, 0.1) is 25.5 Å². The normalized spacial score (nSPS) is 11.1. The molecule has 0 bridgehead atoms. The lowest BCUT2D eigenvalue weighted by molar-refractivity contribution is 0.581. The van der Waals surface area contributed by atoms with E-state index in [-0.39, 0.29) is 36.1 Å². The first kappa shape index (κ1) is 22.8. The topological polar surface area (TPSA) is 54.2 Å². The molecule has 0 spiro atoms. The van der Waals surface area contributed by atoms with Crippen LogP contribution in [0.2, 0.25) is 0 Å². The van der Waals surface area contributed by atoms with Crippen molar-refractivity contribution < 1.29 is 8.78 Å². The minimum absolute atomic E-state index is 0. The van der Waals surface area contributed by atoms with Crippen molar-refractivity contribution in [2.45, 2.75) is 26.9 Å². The molecule has 3 rings (SSSR count). The fraction of sp³-hybridized carbons (Fsp3) is 0.238. The molecular weight excluding hydrogens is 487 g/mol. The summed E-state index contributed by atoms with van der Waals surface area (Å²) >= 11 is 0. The zero-order valence-corrected chi connectivity index (χ0v) is 18.9. The van der Waals surface area contributed by atoms with Crippen LogP contribution in [-0.4, -0.2) is 22.8 Å². The van der Waals surface area contributed by atoms with E-state index >= 15 is 0 Å². The zero-order valence-electron chi connectivity index (χ0n) is 16.5. The van der Waals surface area contributed by atoms with Gasteiger partial charge >= 0.3 is 0 Å². The van der Waals surface area contributed by atoms with E-state index in [1.165, 1.54) is 6.07 Å². The van der Waals surface area contributed by atoms with Crippen molar-refractivity contribution in [2.24, 2.45) is 4.99 Å². The van der Waals surface area contributed by atoms with Gasteiger partial charge in [0.15, 0.2) is 5.96 Å². The van der Waals surface area contributed by atoms with Crippen molar-refractivity contribution in [3.63, 3.8) is 0 Å². The lowest BCUT2D eigenvalue weighted by atomic mass is 10.2. The quantitative estimate of drug-likeness (QED) is 0.306. The molecule has 1 aromatic heterocycles. The summed E-state index contributed by atoms with van der Waals surface area (Å²) in [5.74, 6) is -0.434. The van der Waals surface area contributed by atoms with Gasteiger partial charge in [0.05, 0.1) is 11.4 Å². The first-order chi connectivity index (χ1) is 13.5. The Balaban J connectivity index is 0.00000300. The number of guanidine groups is 1. The van der Waals surface area contributed by atoms with Crippen LogP contribution in [0.15, 0.2) is 53.5 Å². The van der Waals surface area contributed by atoms with E-state index in [0.717, 1.165) is 34.8 Å². The van der Waals surface area contributed by atoms with E-state index in [0.29, 0.717) is 12.5 Å². The molecular formula is C21H24F2IN5. The predicted octanol–water partition coefficient (Wildman–Crippen LogP) is 4.25. The van der Waals surface area contributed by atoms with E-state index in [1.54, 1.807) is 7.05 Å². The highest BCUT2D eigenvalue weighted by molar-refractivity contribution is 14.0. The molecule has 5 nitrogen and oxygen atoms in total. The molecule has 0 fully saturated rings. The average molecular weight is 511 g/mol. The summed E-state index contributed by atoms with van der Waals surface area (Å²) in [5.41, 5.74) is 4.25. The summed E-state index contributed by atoms with van der Waals surface area (Å²) < 4.78 is 29.0. The van der Waals surface area contributed by atoms with Gasteiger partial charge in [-0.2, -0.15) is 5.10 Å². The molecule has 8 heteroatoms. The average Bonchev–Trinajstić information content (AvgIpc) is 2.99. The Bertz CT molecular complexity index is 986. The van der Waals surface area contributed by atoms with Crippen LogP contribution in [0.25, 0.3) is 5.69 Å². The highest BCUT2D eigenvalue weighted by Gasteiger charge is 2.13. The Morgan fingerprint density at radius 2 is 1.72 bits per heavy atom. The van der Waals surface area contributed by atoms with Gasteiger partial charge in [-0.3, -0.25) is 4.99 Å². The predicted molar refractivity (Wildman–Crippen MR) is 122 cm³/mol. The van der Waals surface area contributed by atoms with Crippen molar-refractivity contribution in [3.8, 4) is 5.69 Å². The summed E-state index contributed by atoms with van der Waals surface area (Å²) in [6.45, 7) is 4.62. The van der Waals surface area contributed by atoms with Gasteiger partial charge in [0, 0.05) is 37.0 Å². The molecule has 0 atom stereocenters. The molecule has 154 valence electrons. The number of nitrogens with one attached hydrogen (secondary N) is 2. The van der Waals surface area contributed by atoms with Crippen molar-refractivity contribution in [1.29, 1.82) is 0 Å². The summed E-state index contributed by atoms with van der Waals surface area (Å²) in [4.78, 5) is 4.15. The number of aliphatic imine (C=N–C) groups is 1. The minimum Gasteiger partial charge on any atom is -0.352 e. The molecule has 3 aromatic rings. The summed E-state index contributed by atoms with van der Waals surface area (Å²) in [7, 11) is 1.63. The lowest BCUT2D eigenvalue weighted by Crippen LogP contribution is -2.36. The van der Waals surface area contributed by atoms with Crippen LogP contribution >= 0.6 is 24.0 Å². The molecule has 2 aromatic carbocycles. The van der Waals surface area contributed by atoms with Crippen molar-refractivity contribution in [1.82, 2.24) is 20.4 Å². The summed E-state index contributed by atoms with van der Waals surface area (Å²) in [6.07, 6.45) is 0. The number of hydrogen-bond donors (Lipinski definition) is 2. The maximum Gasteiger partial charge on any atom is 0.191 e. The van der Waals surface area contributed by atoms with E-state index < -0.39 is 11.6 Å². The number of para-hydroxylation sites is 1. The van der Waals surface area contributed by atoms with Gasteiger partial charge in [0.1, 0.15) is 11.6 Å². The fourth-order valence-electron chi connectivity index (χ4n) is 3.00. The standard InChI is InChI=1S/C21H23F2N5.HI/c1-14-19(15(2)28(27-14)18-7-5-4-6-8-18)13-26-21(24-3)25-12-16-11-17(22)9-10-20(16)23;/h4-11H,12-13H2,1-3H3,(H2,24,25,26);1H. The SMILES string of the molecule is CN=C(NCc1cc(F)ccc1F)NCc1c(C)nn(-c2ccccc2)c1C.I. The Morgan fingerprint density at radius 3 is 2.41 bits per heavy atom. The van der Waals surface area contributed by atoms with E-state index in [2.05, 4.69) is 20.7 Å². The number of aryl methyl sites for hydroxylation is 1. The number of aromatic nitrogens is 2. The van der Waals surface area contributed by atoms with Gasteiger partial charge in [-0.05, 0) is 44.2 Å². The van der Waals surface area contributed by atoms with Crippen LogP contribution in [-0.2, 0) is 13.1 Å². The van der Waals surface area contributed by atoms with Crippen LogP contribution in [0.1, 0.15) is 22.5 Å². The van der Waals surface area contributed by atoms with Crippen LogP contribution < -0.4 is 10.6 Å². The lowest BCUT2D eigenvalue weighted by Gasteiger charge is -2.13. The minimum atomic E-state index is -0.472. The first-order valence-corrected chi connectivity index (χ1v) is 8.98. The van der Waals surface area contributed by atoms with Crippen LogP contribution in [0.3, 0.4) is 0 Å². The number of rotatable bonds is 5. The second kappa shape index (κ2) is 10.3. The first-order valence-electron chi connectivity index (χ1n) is 8.98. The second-order valence-corrected chi connectivity index (χ2v) is 6.41. The number of halogens is 3. The summed E-state index contributed by atoms with van der Waals surface area (Å²) in [5, 5.41) is 10.8. The highest BCUT2D eigenvalue weighted by atomic mass is 127. The molecule has 0 saturated heterocycles. The molecule has 0 amide bonds. The molecule has 0 unspecified atom stereocenters. The van der Waals surface area contributed by atoms with E-state index in [1.807, 2.05) is 48.9 Å². The Morgan fingerprint density at radius 1 is 1.03 bits per heavy atom. The molecule has 0 aliphatic heterocycles. The van der Waals surface area contributed by atoms with E-state index in [4.69, 9.17) is 0 Å². The third-order valence-corrected chi connectivity index (χ3v) is 4.55. The summed E-state index contributed by atoms with van der Waals surface area (Å²) in [6, 6.07) is 13.3. The Kier molecular flexibility index (Phi) is 8.12. The van der Waals surface area contributed by atoms with Gasteiger partial charge in [0.25, 0.3) is 0 Å². The molecule has 0 saturated carbocycles. The highest BCUT2D eigenvalue weighted by Crippen LogP contribution is 2.17. The van der Waals surface area contributed by atoms with Gasteiger partial charge in [0.2, 0.25) is 0 Å². The number of hydrogen-bond acceptors (Lipinski definition) is 2. The maximum absolute atomic E-state index is 13.8. The molecule has 2 N–H and O–H groups in total. The Labute approximate surface area is 186 Å². The van der Waals surface area contributed by atoms with Crippen molar-refractivity contribution in [3.05, 3.63) is 82.7 Å². The van der Waals surface area contributed by atoms with Gasteiger partial charge < -0.3 is 10.6 Å². The molecule has 0 radical (unpaired) electrons. The smallest absolute Gasteiger partial charge is 0.191 e. The second-order valence-electron chi connectivity index (χ2n) is 6.41. The van der Waals surface area contributed by atoms with Crippen LogP contribution in [0.4, 0.5) is 8.78 Å². The van der Waals surface area contributed by atoms with Gasteiger partial charge in [-0.15, -0.1) is 24.0 Å². The monoisotopic (exact) mass is 511 g/mol. The zero-order chi connectivity index (χ0) is 20.1. The molecule has 0 aliphatic rings. The number of benzene rings is 2. The Hall–Kier alpha value is -2.49. The van der Waals surface area contributed by atoms with Crippen molar-refractivity contribution in [2.75, 3.05) is 7.05 Å². The van der Waals surface area contributed by atoms with Crippen molar-refractivity contribution >= 4 is 29.9 Å². The number of nitrogens with zero attached hydrogens (tertiary/aromatic N) is 3. The fourth-order valence-corrected chi connectivity index (χ4v) is 3.00. The molecule has 1 heterocycles. The largest absolute Gasteiger partial charge is 0.352 e. The van der Waals surface area contributed by atoms with Crippen LogP contribution in [0.5, 0.6) is 0 Å². The third kappa shape index (κ3) is 5.53. The van der Waals surface area contributed by atoms with Gasteiger partial charge in [-0.25, -0.2) is 13.5 Å². The van der Waals surface area contributed by atoms with E-state index in [9.17, 15) is 8.78 Å².